The van der Waals surface area contributed by atoms with E-state index in [0.717, 1.165) is 9.28 Å². The topological polar surface area (TPSA) is 0 Å². The first kappa shape index (κ1) is 9.79. The van der Waals surface area contributed by atoms with Gasteiger partial charge in [-0.1, -0.05) is 32.0 Å². The quantitative estimate of drug-likeness (QED) is 0.401. The van der Waals surface area contributed by atoms with Crippen molar-refractivity contribution in [2.24, 2.45) is 0 Å². The molecule has 0 aliphatic rings. The second-order valence-electron chi connectivity index (χ2n) is 1.82. The van der Waals surface area contributed by atoms with Crippen molar-refractivity contribution in [3.8, 4) is 0 Å². The Bertz CT molecular complexity index is 80.4. The average Bonchev–Trinajstić information content (AvgIpc) is 1.80. The van der Waals surface area contributed by atoms with E-state index >= 15 is 0 Å². The van der Waals surface area contributed by atoms with Crippen LogP contribution in [0.5, 0.6) is 0 Å². The lowest BCUT2D eigenvalue weighted by Crippen LogP contribution is -1.80. The molecule has 0 aliphatic carbocycles. The summed E-state index contributed by atoms with van der Waals surface area (Å²) in [6.45, 7) is 2.20. The van der Waals surface area contributed by atoms with Gasteiger partial charge in [-0.15, -0.1) is 24.4 Å². The Labute approximate surface area is 72.2 Å². The molecule has 0 saturated carbocycles. The molecule has 0 aromatic rings. The molecule has 9 heavy (non-hydrogen) atoms. The molecule has 0 fully saturated rings. The number of thioether (sulfide) groups is 1. The molecule has 0 nitrogen and oxygen atoms in total. The zero-order valence-corrected chi connectivity index (χ0v) is 8.12. The normalized spacial score (nSPS) is 9.56. The third-order valence-corrected chi connectivity index (χ3v) is 2.45. The van der Waals surface area contributed by atoms with E-state index in [9.17, 15) is 0 Å². The van der Waals surface area contributed by atoms with Crippen LogP contribution in [-0.2, 0) is 0 Å². The number of thiocarbonyl (C=S) groups is 1. The molecule has 0 unspecified atom stereocenters. The maximum Gasteiger partial charge on any atom is 0.101 e. The molecule has 0 amide bonds. The van der Waals surface area contributed by atoms with Gasteiger partial charge in [0, 0.05) is 0 Å². The number of thiol groups is 1. The highest BCUT2D eigenvalue weighted by Gasteiger charge is 1.89. The first-order chi connectivity index (χ1) is 4.27. The third-order valence-electron chi connectivity index (χ3n) is 0.973. The van der Waals surface area contributed by atoms with E-state index < -0.39 is 0 Å². The van der Waals surface area contributed by atoms with Gasteiger partial charge < -0.3 is 0 Å². The Balaban J connectivity index is 2.83. The van der Waals surface area contributed by atoms with Gasteiger partial charge in [-0.2, -0.15) is 0 Å². The van der Waals surface area contributed by atoms with Crippen LogP contribution in [0.3, 0.4) is 0 Å². The highest BCUT2D eigenvalue weighted by atomic mass is 32.2. The highest BCUT2D eigenvalue weighted by molar-refractivity contribution is 8.41. The third kappa shape index (κ3) is 8.79. The van der Waals surface area contributed by atoms with Crippen LogP contribution in [0.15, 0.2) is 0 Å². The summed E-state index contributed by atoms with van der Waals surface area (Å²) in [5.41, 5.74) is 0. The van der Waals surface area contributed by atoms with Crippen LogP contribution in [0.4, 0.5) is 0 Å². The Kier molecular flexibility index (Phi) is 7.51. The Morgan fingerprint density at radius 3 is 2.67 bits per heavy atom. The lowest BCUT2D eigenvalue weighted by atomic mass is 10.3. The fourth-order valence-corrected chi connectivity index (χ4v) is 1.56. The maximum atomic E-state index is 4.77. The summed E-state index contributed by atoms with van der Waals surface area (Å²) in [6.07, 6.45) is 3.85. The number of rotatable bonds is 4. The molecule has 0 aliphatic heterocycles. The summed E-state index contributed by atoms with van der Waals surface area (Å²) in [6, 6.07) is 0. The van der Waals surface area contributed by atoms with Crippen LogP contribution in [0.25, 0.3) is 0 Å². The van der Waals surface area contributed by atoms with E-state index in [4.69, 9.17) is 12.2 Å². The monoisotopic (exact) mass is 180 g/mol. The van der Waals surface area contributed by atoms with Crippen molar-refractivity contribution >= 4 is 40.1 Å². The predicted octanol–water partition coefficient (Wildman–Crippen LogP) is 3.12. The molecule has 0 aromatic heterocycles. The summed E-state index contributed by atoms with van der Waals surface area (Å²) in [5.74, 6) is 1.14. The van der Waals surface area contributed by atoms with Gasteiger partial charge in [0.1, 0.15) is 3.53 Å². The number of hydrogen-bond acceptors (Lipinski definition) is 2. The Hall–Kier alpha value is 0.790. The van der Waals surface area contributed by atoms with Crippen LogP contribution in [0.2, 0.25) is 0 Å². The van der Waals surface area contributed by atoms with E-state index in [0.29, 0.717) is 0 Å². The smallest absolute Gasteiger partial charge is 0.101 e. The molecule has 54 valence electrons. The van der Waals surface area contributed by atoms with Crippen LogP contribution < -0.4 is 0 Å². The molecule has 0 rings (SSSR count). The average molecular weight is 180 g/mol. The van der Waals surface area contributed by atoms with Crippen LogP contribution in [0.1, 0.15) is 26.2 Å². The van der Waals surface area contributed by atoms with Crippen LogP contribution in [-0.4, -0.2) is 9.28 Å². The van der Waals surface area contributed by atoms with E-state index in [1.165, 1.54) is 19.3 Å². The summed E-state index contributed by atoms with van der Waals surface area (Å²) >= 11 is 10.4. The minimum absolute atomic E-state index is 0.770. The molecule has 0 atom stereocenters. The predicted molar refractivity (Wildman–Crippen MR) is 53.6 cm³/mol. The van der Waals surface area contributed by atoms with Gasteiger partial charge in [0.25, 0.3) is 0 Å². The molecule has 0 aromatic carbocycles. The lowest BCUT2D eigenvalue weighted by molar-refractivity contribution is 0.779. The molecular weight excluding hydrogens is 168 g/mol. The molecular formula is C6H12S3. The molecule has 0 radical (unpaired) electrons. The van der Waals surface area contributed by atoms with Crippen molar-refractivity contribution in [2.75, 3.05) is 5.75 Å². The minimum Gasteiger partial charge on any atom is -0.125 e. The summed E-state index contributed by atoms with van der Waals surface area (Å²) in [4.78, 5) is 0. The summed E-state index contributed by atoms with van der Waals surface area (Å²) in [5, 5.41) is 0. The van der Waals surface area contributed by atoms with Crippen molar-refractivity contribution in [1.82, 2.24) is 0 Å². The highest BCUT2D eigenvalue weighted by Crippen LogP contribution is 2.10. The second kappa shape index (κ2) is 6.90. The Morgan fingerprint density at radius 1 is 1.56 bits per heavy atom. The van der Waals surface area contributed by atoms with E-state index in [1.807, 2.05) is 0 Å². The molecule has 0 heterocycles. The van der Waals surface area contributed by atoms with Crippen molar-refractivity contribution in [1.29, 1.82) is 0 Å². The first-order valence-electron chi connectivity index (χ1n) is 3.13. The van der Waals surface area contributed by atoms with Gasteiger partial charge in [-0.3, -0.25) is 0 Å². The molecule has 0 saturated heterocycles. The van der Waals surface area contributed by atoms with Crippen LogP contribution >= 0.6 is 36.6 Å². The van der Waals surface area contributed by atoms with Gasteiger partial charge >= 0.3 is 0 Å². The van der Waals surface area contributed by atoms with Gasteiger partial charge in [0.2, 0.25) is 0 Å². The van der Waals surface area contributed by atoms with Crippen molar-refractivity contribution < 1.29 is 0 Å². The van der Waals surface area contributed by atoms with E-state index in [1.54, 1.807) is 11.8 Å². The summed E-state index contributed by atoms with van der Waals surface area (Å²) in [7, 11) is 0. The molecule has 0 spiro atoms. The fraction of sp³-hybridized carbons (Fsp3) is 0.833. The Morgan fingerprint density at radius 2 is 2.22 bits per heavy atom. The van der Waals surface area contributed by atoms with Gasteiger partial charge in [-0.05, 0) is 12.2 Å². The largest absolute Gasteiger partial charge is 0.125 e. The van der Waals surface area contributed by atoms with E-state index in [-0.39, 0.29) is 0 Å². The lowest BCUT2D eigenvalue weighted by Gasteiger charge is -1.94. The van der Waals surface area contributed by atoms with Gasteiger partial charge in [0.05, 0.1) is 0 Å². The molecule has 3 heteroatoms. The van der Waals surface area contributed by atoms with Gasteiger partial charge in [0.15, 0.2) is 0 Å². The number of hydrogen-bond donors (Lipinski definition) is 1. The standard InChI is InChI=1S/C6H12S3/c1-2-3-4-5-9-6(7)8/h2-5H2,1H3,(H,7,8). The zero-order chi connectivity index (χ0) is 7.11. The van der Waals surface area contributed by atoms with Crippen molar-refractivity contribution in [3.63, 3.8) is 0 Å². The maximum absolute atomic E-state index is 4.77. The van der Waals surface area contributed by atoms with E-state index in [2.05, 4.69) is 19.6 Å². The fourth-order valence-electron chi connectivity index (χ4n) is 0.512. The SMILES string of the molecule is CCCCCSC(=S)S. The van der Waals surface area contributed by atoms with Crippen molar-refractivity contribution in [2.45, 2.75) is 26.2 Å². The first-order valence-corrected chi connectivity index (χ1v) is 4.97. The molecule has 0 bridgehead atoms. The minimum atomic E-state index is 0.770. The van der Waals surface area contributed by atoms with Crippen LogP contribution in [0, 0.1) is 0 Å². The molecule has 0 N–H and O–H groups in total. The van der Waals surface area contributed by atoms with Gasteiger partial charge in [-0.25, -0.2) is 0 Å². The van der Waals surface area contributed by atoms with Crippen molar-refractivity contribution in [3.05, 3.63) is 0 Å². The summed E-state index contributed by atoms with van der Waals surface area (Å²) < 4.78 is 0.770. The zero-order valence-electron chi connectivity index (χ0n) is 5.59. The number of unbranched alkanes of at least 4 members (excludes halogenated alkanes) is 2. The second-order valence-corrected chi connectivity index (χ2v) is 4.65.